The number of halogens is 1. The van der Waals surface area contributed by atoms with Crippen molar-refractivity contribution in [3.05, 3.63) is 35.6 Å². The zero-order valence-electron chi connectivity index (χ0n) is 10.9. The largest absolute Gasteiger partial charge is 0.481 e. The second kappa shape index (κ2) is 4.58. The smallest absolute Gasteiger partial charge is 0.307 e. The van der Waals surface area contributed by atoms with E-state index in [2.05, 4.69) is 5.32 Å². The summed E-state index contributed by atoms with van der Waals surface area (Å²) in [5.74, 6) is -2.29. The van der Waals surface area contributed by atoms with Crippen molar-refractivity contribution in [1.29, 1.82) is 0 Å². The average molecular weight is 277 g/mol. The highest BCUT2D eigenvalue weighted by molar-refractivity contribution is 5.89. The molecular formula is C15H16FNO3. The molecule has 0 spiro atoms. The highest BCUT2D eigenvalue weighted by Gasteiger charge is 2.50. The van der Waals surface area contributed by atoms with Gasteiger partial charge in [-0.25, -0.2) is 4.39 Å². The van der Waals surface area contributed by atoms with Gasteiger partial charge in [-0.1, -0.05) is 12.1 Å². The zero-order valence-corrected chi connectivity index (χ0v) is 10.9. The van der Waals surface area contributed by atoms with E-state index < -0.39 is 17.8 Å². The van der Waals surface area contributed by atoms with Gasteiger partial charge in [0, 0.05) is 12.0 Å². The summed E-state index contributed by atoms with van der Waals surface area (Å²) in [4.78, 5) is 22.6. The van der Waals surface area contributed by atoms with Gasteiger partial charge < -0.3 is 10.4 Å². The van der Waals surface area contributed by atoms with E-state index in [1.54, 1.807) is 6.07 Å². The van der Waals surface area contributed by atoms with E-state index in [-0.39, 0.29) is 17.1 Å². The number of benzene rings is 1. The highest BCUT2D eigenvalue weighted by atomic mass is 19.1. The Morgan fingerprint density at radius 3 is 2.65 bits per heavy atom. The normalized spacial score (nSPS) is 25.9. The molecule has 0 saturated heterocycles. The summed E-state index contributed by atoms with van der Waals surface area (Å²) in [5.41, 5.74) is 0.745. The standard InChI is InChI=1S/C15H16FNO3/c16-10-3-1-2-9(6-10)15(4-5-15)8-17-13(18)11-7-12(11)14(19)20/h1-3,6,11-12H,4-5,7-8H2,(H,17,18)(H,19,20). The van der Waals surface area contributed by atoms with Crippen LogP contribution >= 0.6 is 0 Å². The Morgan fingerprint density at radius 2 is 2.10 bits per heavy atom. The molecule has 0 bridgehead atoms. The van der Waals surface area contributed by atoms with Crippen molar-refractivity contribution in [2.45, 2.75) is 24.7 Å². The van der Waals surface area contributed by atoms with E-state index in [1.165, 1.54) is 12.1 Å². The number of hydrogen-bond donors (Lipinski definition) is 2. The van der Waals surface area contributed by atoms with Crippen LogP contribution in [0.1, 0.15) is 24.8 Å². The molecule has 2 aliphatic rings. The molecule has 3 rings (SSSR count). The van der Waals surface area contributed by atoms with Gasteiger partial charge in [-0.2, -0.15) is 0 Å². The lowest BCUT2D eigenvalue weighted by atomic mass is 9.96. The zero-order chi connectivity index (χ0) is 14.3. The third-order valence-corrected chi connectivity index (χ3v) is 4.34. The molecule has 20 heavy (non-hydrogen) atoms. The maximum Gasteiger partial charge on any atom is 0.307 e. The number of hydrogen-bond acceptors (Lipinski definition) is 2. The Bertz CT molecular complexity index is 568. The van der Waals surface area contributed by atoms with E-state index in [4.69, 9.17) is 5.11 Å². The number of carbonyl (C=O) groups is 2. The predicted octanol–water partition coefficient (Wildman–Crippen LogP) is 1.69. The van der Waals surface area contributed by atoms with E-state index in [9.17, 15) is 14.0 Å². The van der Waals surface area contributed by atoms with Crippen LogP contribution in [0.2, 0.25) is 0 Å². The number of carboxylic acids is 1. The third kappa shape index (κ3) is 2.40. The van der Waals surface area contributed by atoms with Crippen molar-refractivity contribution in [2.24, 2.45) is 11.8 Å². The van der Waals surface area contributed by atoms with Crippen LogP contribution in [0.3, 0.4) is 0 Å². The van der Waals surface area contributed by atoms with Crippen LogP contribution in [0.5, 0.6) is 0 Å². The summed E-state index contributed by atoms with van der Waals surface area (Å²) in [6.07, 6.45) is 2.27. The van der Waals surface area contributed by atoms with Gasteiger partial charge in [0.05, 0.1) is 11.8 Å². The van der Waals surface area contributed by atoms with E-state index >= 15 is 0 Å². The SMILES string of the molecule is O=C(O)C1CC1C(=O)NCC1(c2cccc(F)c2)CC1. The van der Waals surface area contributed by atoms with Crippen molar-refractivity contribution in [1.82, 2.24) is 5.32 Å². The lowest BCUT2D eigenvalue weighted by Gasteiger charge is -2.16. The Morgan fingerprint density at radius 1 is 1.35 bits per heavy atom. The molecule has 2 fully saturated rings. The monoisotopic (exact) mass is 277 g/mol. The molecule has 1 aromatic carbocycles. The number of amides is 1. The quantitative estimate of drug-likeness (QED) is 0.860. The first kappa shape index (κ1) is 13.1. The summed E-state index contributed by atoms with van der Waals surface area (Å²) in [6.45, 7) is 0.456. The maximum absolute atomic E-state index is 13.2. The van der Waals surface area contributed by atoms with Crippen LogP contribution in [0.15, 0.2) is 24.3 Å². The summed E-state index contributed by atoms with van der Waals surface area (Å²) < 4.78 is 13.2. The molecule has 2 unspecified atom stereocenters. The number of aliphatic carboxylic acids is 1. The van der Waals surface area contributed by atoms with Gasteiger partial charge >= 0.3 is 5.97 Å². The fourth-order valence-corrected chi connectivity index (χ4v) is 2.68. The Kier molecular flexibility index (Phi) is 3.00. The van der Waals surface area contributed by atoms with Crippen LogP contribution in [0, 0.1) is 17.7 Å². The molecule has 2 N–H and O–H groups in total. The molecule has 106 valence electrons. The molecule has 5 heteroatoms. The van der Waals surface area contributed by atoms with Crippen LogP contribution in [-0.4, -0.2) is 23.5 Å². The van der Waals surface area contributed by atoms with Crippen LogP contribution in [-0.2, 0) is 15.0 Å². The van der Waals surface area contributed by atoms with Crippen molar-refractivity contribution in [2.75, 3.05) is 6.54 Å². The molecule has 2 saturated carbocycles. The first-order valence-electron chi connectivity index (χ1n) is 6.78. The first-order chi connectivity index (χ1) is 9.52. The van der Waals surface area contributed by atoms with Gasteiger partial charge in [0.15, 0.2) is 0 Å². The van der Waals surface area contributed by atoms with Crippen molar-refractivity contribution in [3.63, 3.8) is 0 Å². The molecule has 0 heterocycles. The molecule has 0 radical (unpaired) electrons. The van der Waals surface area contributed by atoms with Gasteiger partial charge in [-0.3, -0.25) is 9.59 Å². The Hall–Kier alpha value is -1.91. The fourth-order valence-electron chi connectivity index (χ4n) is 2.68. The maximum atomic E-state index is 13.2. The minimum absolute atomic E-state index is 0.161. The number of rotatable bonds is 5. The highest BCUT2D eigenvalue weighted by Crippen LogP contribution is 2.48. The van der Waals surface area contributed by atoms with Crippen LogP contribution in [0.4, 0.5) is 4.39 Å². The van der Waals surface area contributed by atoms with Crippen molar-refractivity contribution >= 4 is 11.9 Å². The molecule has 4 nitrogen and oxygen atoms in total. The number of carboxylic acid groups (broad SMARTS) is 1. The van der Waals surface area contributed by atoms with Gasteiger partial charge in [0.1, 0.15) is 5.82 Å². The second-order valence-electron chi connectivity index (χ2n) is 5.80. The molecule has 2 aliphatic carbocycles. The molecule has 0 aromatic heterocycles. The van der Waals surface area contributed by atoms with Crippen LogP contribution < -0.4 is 5.32 Å². The summed E-state index contributed by atoms with van der Waals surface area (Å²) in [6, 6.07) is 6.46. The predicted molar refractivity (Wildman–Crippen MR) is 69.6 cm³/mol. The Balaban J connectivity index is 1.59. The van der Waals surface area contributed by atoms with E-state index in [0.29, 0.717) is 13.0 Å². The van der Waals surface area contributed by atoms with Crippen molar-refractivity contribution in [3.8, 4) is 0 Å². The van der Waals surface area contributed by atoms with Gasteiger partial charge in [-0.15, -0.1) is 0 Å². The number of carbonyl (C=O) groups excluding carboxylic acids is 1. The van der Waals surface area contributed by atoms with Gasteiger partial charge in [0.25, 0.3) is 0 Å². The molecule has 0 aliphatic heterocycles. The van der Waals surface area contributed by atoms with Crippen LogP contribution in [0.25, 0.3) is 0 Å². The topological polar surface area (TPSA) is 66.4 Å². The minimum Gasteiger partial charge on any atom is -0.481 e. The van der Waals surface area contributed by atoms with Crippen molar-refractivity contribution < 1.29 is 19.1 Å². The Labute approximate surface area is 116 Å². The minimum atomic E-state index is -0.906. The van der Waals surface area contributed by atoms with E-state index in [1.807, 2.05) is 6.07 Å². The second-order valence-corrected chi connectivity index (χ2v) is 5.80. The molecule has 2 atom stereocenters. The third-order valence-electron chi connectivity index (χ3n) is 4.34. The molecular weight excluding hydrogens is 261 g/mol. The van der Waals surface area contributed by atoms with E-state index in [0.717, 1.165) is 18.4 Å². The molecule has 1 amide bonds. The van der Waals surface area contributed by atoms with Gasteiger partial charge in [-0.05, 0) is 37.0 Å². The lowest BCUT2D eigenvalue weighted by Crippen LogP contribution is -2.34. The average Bonchev–Trinajstić information content (AvgIpc) is 3.29. The summed E-state index contributed by atoms with van der Waals surface area (Å²) in [5, 5.41) is 11.6. The summed E-state index contributed by atoms with van der Waals surface area (Å²) in [7, 11) is 0. The summed E-state index contributed by atoms with van der Waals surface area (Å²) >= 11 is 0. The first-order valence-corrected chi connectivity index (χ1v) is 6.78. The fraction of sp³-hybridized carbons (Fsp3) is 0.467. The molecule has 1 aromatic rings. The lowest BCUT2D eigenvalue weighted by molar-refractivity contribution is -0.140. The number of nitrogens with one attached hydrogen (secondary N) is 1. The van der Waals surface area contributed by atoms with Gasteiger partial charge in [0.2, 0.25) is 5.91 Å².